The van der Waals surface area contributed by atoms with Crippen molar-refractivity contribution in [3.8, 4) is 11.5 Å². The first kappa shape index (κ1) is 18.4. The van der Waals surface area contributed by atoms with Gasteiger partial charge in [-0.25, -0.2) is 8.78 Å². The number of amides is 1. The Kier molecular flexibility index (Phi) is 6.51. The molecule has 4 nitrogen and oxygen atoms in total. The largest absolute Gasteiger partial charge is 0.493 e. The zero-order valence-corrected chi connectivity index (χ0v) is 14.0. The van der Waals surface area contributed by atoms with E-state index in [1.165, 1.54) is 19.3 Å². The highest BCUT2D eigenvalue weighted by atomic mass is 19.1. The van der Waals surface area contributed by atoms with E-state index in [1.54, 1.807) is 24.3 Å². The molecule has 2 rings (SSSR count). The molecule has 1 amide bonds. The van der Waals surface area contributed by atoms with E-state index in [2.05, 4.69) is 5.32 Å². The topological polar surface area (TPSA) is 47.6 Å². The smallest absolute Gasteiger partial charge is 0.248 e. The van der Waals surface area contributed by atoms with Gasteiger partial charge in [0.25, 0.3) is 0 Å². The maximum atomic E-state index is 13.5. The van der Waals surface area contributed by atoms with Crippen molar-refractivity contribution < 1.29 is 23.0 Å². The van der Waals surface area contributed by atoms with E-state index in [0.29, 0.717) is 24.2 Å². The summed E-state index contributed by atoms with van der Waals surface area (Å²) in [4.78, 5) is 11.9. The third kappa shape index (κ3) is 5.31. The quantitative estimate of drug-likeness (QED) is 0.755. The van der Waals surface area contributed by atoms with E-state index < -0.39 is 17.5 Å². The SMILES string of the molecule is CCCOc1ccc(/C=C/C(=O)Nc2ccc(F)cc2F)cc1OC. The maximum Gasteiger partial charge on any atom is 0.248 e. The normalized spacial score (nSPS) is 10.7. The summed E-state index contributed by atoms with van der Waals surface area (Å²) in [5.74, 6) is -0.889. The van der Waals surface area contributed by atoms with Crippen LogP contribution in [0.5, 0.6) is 11.5 Å². The van der Waals surface area contributed by atoms with Gasteiger partial charge < -0.3 is 14.8 Å². The van der Waals surface area contributed by atoms with Gasteiger partial charge in [-0.2, -0.15) is 0 Å². The number of carbonyl (C=O) groups is 1. The van der Waals surface area contributed by atoms with Crippen LogP contribution in [0, 0.1) is 11.6 Å². The molecule has 25 heavy (non-hydrogen) atoms. The molecule has 0 unspecified atom stereocenters. The molecule has 0 saturated heterocycles. The van der Waals surface area contributed by atoms with E-state index in [-0.39, 0.29) is 5.69 Å². The van der Waals surface area contributed by atoms with Gasteiger partial charge in [0.05, 0.1) is 19.4 Å². The van der Waals surface area contributed by atoms with Crippen molar-refractivity contribution in [3.05, 3.63) is 59.7 Å². The second-order valence-corrected chi connectivity index (χ2v) is 5.21. The van der Waals surface area contributed by atoms with Crippen LogP contribution in [0.2, 0.25) is 0 Å². The lowest BCUT2D eigenvalue weighted by atomic mass is 10.2. The number of anilines is 1. The zero-order chi connectivity index (χ0) is 18.2. The number of hydrogen-bond donors (Lipinski definition) is 1. The highest BCUT2D eigenvalue weighted by Crippen LogP contribution is 2.28. The first-order valence-electron chi connectivity index (χ1n) is 7.78. The minimum Gasteiger partial charge on any atom is -0.493 e. The summed E-state index contributed by atoms with van der Waals surface area (Å²) in [6.07, 6.45) is 3.69. The van der Waals surface area contributed by atoms with Crippen LogP contribution in [0.1, 0.15) is 18.9 Å². The lowest BCUT2D eigenvalue weighted by Gasteiger charge is -2.10. The molecule has 1 N–H and O–H groups in total. The molecule has 0 radical (unpaired) electrons. The van der Waals surface area contributed by atoms with Crippen LogP contribution < -0.4 is 14.8 Å². The lowest BCUT2D eigenvalue weighted by molar-refractivity contribution is -0.111. The van der Waals surface area contributed by atoms with E-state index >= 15 is 0 Å². The second-order valence-electron chi connectivity index (χ2n) is 5.21. The second kappa shape index (κ2) is 8.82. The molecule has 0 aromatic heterocycles. The molecule has 0 saturated carbocycles. The van der Waals surface area contributed by atoms with Gasteiger partial charge in [0.2, 0.25) is 5.91 Å². The number of rotatable bonds is 7. The molecule has 0 aliphatic carbocycles. The highest BCUT2D eigenvalue weighted by molar-refractivity contribution is 6.02. The maximum absolute atomic E-state index is 13.5. The minimum atomic E-state index is -0.833. The van der Waals surface area contributed by atoms with E-state index in [4.69, 9.17) is 9.47 Å². The van der Waals surface area contributed by atoms with Crippen molar-refractivity contribution in [1.82, 2.24) is 0 Å². The number of benzene rings is 2. The molecular weight excluding hydrogens is 328 g/mol. The van der Waals surface area contributed by atoms with Crippen LogP contribution in [-0.4, -0.2) is 19.6 Å². The standard InChI is InChI=1S/C19H19F2NO3/c1-3-10-25-17-8-4-13(11-18(17)24-2)5-9-19(23)22-16-7-6-14(20)12-15(16)21/h4-9,11-12H,3,10H2,1-2H3,(H,22,23)/b9-5+. The van der Waals surface area contributed by atoms with Crippen LogP contribution in [-0.2, 0) is 4.79 Å². The molecule has 0 fully saturated rings. The van der Waals surface area contributed by atoms with Crippen molar-refractivity contribution in [2.24, 2.45) is 0 Å². The number of halogens is 2. The Morgan fingerprint density at radius 1 is 1.16 bits per heavy atom. The van der Waals surface area contributed by atoms with Crippen molar-refractivity contribution in [3.63, 3.8) is 0 Å². The summed E-state index contributed by atoms with van der Waals surface area (Å²) < 4.78 is 37.2. The Labute approximate surface area is 145 Å². The average molecular weight is 347 g/mol. The molecule has 0 aliphatic heterocycles. The van der Waals surface area contributed by atoms with Crippen LogP contribution in [0.25, 0.3) is 6.08 Å². The summed E-state index contributed by atoms with van der Waals surface area (Å²) in [5.41, 5.74) is 0.632. The molecular formula is C19H19F2NO3. The van der Waals surface area contributed by atoms with E-state index in [1.807, 2.05) is 6.92 Å². The fourth-order valence-electron chi connectivity index (χ4n) is 2.06. The Morgan fingerprint density at radius 3 is 2.64 bits per heavy atom. The fraction of sp³-hybridized carbons (Fsp3) is 0.211. The van der Waals surface area contributed by atoms with Crippen molar-refractivity contribution >= 4 is 17.7 Å². The number of nitrogens with one attached hydrogen (secondary N) is 1. The third-order valence-corrected chi connectivity index (χ3v) is 3.27. The third-order valence-electron chi connectivity index (χ3n) is 3.27. The lowest BCUT2D eigenvalue weighted by Crippen LogP contribution is -2.09. The van der Waals surface area contributed by atoms with Gasteiger partial charge in [0.1, 0.15) is 11.6 Å². The zero-order valence-electron chi connectivity index (χ0n) is 14.0. The van der Waals surface area contributed by atoms with E-state index in [0.717, 1.165) is 18.1 Å². The Bertz CT molecular complexity index is 775. The molecule has 0 heterocycles. The Balaban J connectivity index is 2.06. The first-order chi connectivity index (χ1) is 12.0. The summed E-state index contributed by atoms with van der Waals surface area (Å²) in [6.45, 7) is 2.59. The molecule has 132 valence electrons. The fourth-order valence-corrected chi connectivity index (χ4v) is 2.06. The summed E-state index contributed by atoms with van der Waals surface area (Å²) in [6, 6.07) is 8.20. The summed E-state index contributed by atoms with van der Waals surface area (Å²) >= 11 is 0. The average Bonchev–Trinajstić information content (AvgIpc) is 2.60. The number of ether oxygens (including phenoxy) is 2. The molecule has 2 aromatic rings. The highest BCUT2D eigenvalue weighted by Gasteiger charge is 2.07. The molecule has 2 aromatic carbocycles. The van der Waals surface area contributed by atoms with Crippen LogP contribution >= 0.6 is 0 Å². The predicted octanol–water partition coefficient (Wildman–Crippen LogP) is 4.41. The van der Waals surface area contributed by atoms with Crippen molar-refractivity contribution in [1.29, 1.82) is 0 Å². The van der Waals surface area contributed by atoms with Gasteiger partial charge in [-0.15, -0.1) is 0 Å². The Morgan fingerprint density at radius 2 is 1.96 bits per heavy atom. The Hall–Kier alpha value is -2.89. The van der Waals surface area contributed by atoms with E-state index in [9.17, 15) is 13.6 Å². The van der Waals surface area contributed by atoms with Crippen LogP contribution in [0.15, 0.2) is 42.5 Å². The first-order valence-corrected chi connectivity index (χ1v) is 7.78. The number of carbonyl (C=O) groups excluding carboxylic acids is 1. The van der Waals surface area contributed by atoms with Gasteiger partial charge in [-0.05, 0) is 42.3 Å². The monoisotopic (exact) mass is 347 g/mol. The van der Waals surface area contributed by atoms with Gasteiger partial charge in [0, 0.05) is 12.1 Å². The summed E-state index contributed by atoms with van der Waals surface area (Å²) in [7, 11) is 1.53. The molecule has 0 aliphatic rings. The van der Waals surface area contributed by atoms with Gasteiger partial charge in [-0.1, -0.05) is 13.0 Å². The van der Waals surface area contributed by atoms with Gasteiger partial charge in [-0.3, -0.25) is 4.79 Å². The number of hydrogen-bond acceptors (Lipinski definition) is 3. The van der Waals surface area contributed by atoms with Crippen LogP contribution in [0.3, 0.4) is 0 Å². The van der Waals surface area contributed by atoms with Gasteiger partial charge >= 0.3 is 0 Å². The van der Waals surface area contributed by atoms with Crippen molar-refractivity contribution in [2.75, 3.05) is 19.0 Å². The van der Waals surface area contributed by atoms with Gasteiger partial charge in [0.15, 0.2) is 11.5 Å². The molecule has 0 atom stereocenters. The molecule has 6 heteroatoms. The summed E-state index contributed by atoms with van der Waals surface area (Å²) in [5, 5.41) is 2.35. The molecule has 0 spiro atoms. The predicted molar refractivity (Wildman–Crippen MR) is 92.8 cm³/mol. The molecule has 0 bridgehead atoms. The number of methoxy groups -OCH3 is 1. The minimum absolute atomic E-state index is 0.0862. The van der Waals surface area contributed by atoms with Crippen molar-refractivity contribution in [2.45, 2.75) is 13.3 Å². The van der Waals surface area contributed by atoms with Crippen LogP contribution in [0.4, 0.5) is 14.5 Å².